The molecule has 0 aliphatic carbocycles. The standard InChI is InChI=1S/C11H13N5/c1-16-9-5-3-2-4-8(9)6-7-10(16)14-15-11(12)13/h2-7H,1H3,(H4,12,13,15). The highest BCUT2D eigenvalue weighted by Crippen LogP contribution is 2.09. The molecule has 2 rings (SSSR count). The van der Waals surface area contributed by atoms with Gasteiger partial charge in [0.25, 0.3) is 0 Å². The van der Waals surface area contributed by atoms with Crippen LogP contribution in [0, 0.1) is 0 Å². The quantitative estimate of drug-likeness (QED) is 0.406. The Bertz CT molecular complexity index is 605. The summed E-state index contributed by atoms with van der Waals surface area (Å²) in [4.78, 5) is 0. The molecule has 0 amide bonds. The topological polar surface area (TPSA) is 81.7 Å². The predicted molar refractivity (Wildman–Crippen MR) is 64.3 cm³/mol. The predicted octanol–water partition coefficient (Wildman–Crippen LogP) is 0.267. The molecule has 1 aromatic carbocycles. The molecule has 0 spiro atoms. The van der Waals surface area contributed by atoms with Gasteiger partial charge in [-0.15, -0.1) is 10.2 Å². The van der Waals surface area contributed by atoms with E-state index >= 15 is 0 Å². The van der Waals surface area contributed by atoms with Crippen molar-refractivity contribution in [3.63, 3.8) is 0 Å². The zero-order valence-corrected chi connectivity index (χ0v) is 8.96. The van der Waals surface area contributed by atoms with Gasteiger partial charge in [-0.3, -0.25) is 0 Å². The Balaban J connectivity index is 2.70. The van der Waals surface area contributed by atoms with Crippen molar-refractivity contribution in [2.75, 3.05) is 0 Å². The van der Waals surface area contributed by atoms with Crippen molar-refractivity contribution in [1.82, 2.24) is 4.57 Å². The van der Waals surface area contributed by atoms with E-state index in [1.807, 2.05) is 48.0 Å². The van der Waals surface area contributed by atoms with Crippen molar-refractivity contribution in [3.05, 3.63) is 41.9 Å². The average Bonchev–Trinajstić information content (AvgIpc) is 2.28. The third-order valence-corrected chi connectivity index (χ3v) is 2.32. The highest BCUT2D eigenvalue weighted by molar-refractivity contribution is 5.78. The first-order chi connectivity index (χ1) is 7.68. The van der Waals surface area contributed by atoms with Crippen LogP contribution in [0.2, 0.25) is 0 Å². The number of pyridine rings is 1. The molecule has 0 saturated carbocycles. The van der Waals surface area contributed by atoms with E-state index in [1.165, 1.54) is 0 Å². The van der Waals surface area contributed by atoms with Crippen LogP contribution in [0.1, 0.15) is 0 Å². The minimum Gasteiger partial charge on any atom is -0.369 e. The fourth-order valence-electron chi connectivity index (χ4n) is 1.54. The normalized spacial score (nSPS) is 11.7. The Morgan fingerprint density at radius 3 is 2.62 bits per heavy atom. The van der Waals surface area contributed by atoms with E-state index in [1.54, 1.807) is 0 Å². The van der Waals surface area contributed by atoms with Gasteiger partial charge in [-0.25, -0.2) is 0 Å². The van der Waals surface area contributed by atoms with Crippen molar-refractivity contribution in [2.24, 2.45) is 28.7 Å². The zero-order valence-electron chi connectivity index (χ0n) is 8.96. The highest BCUT2D eigenvalue weighted by Gasteiger charge is 1.95. The second-order valence-electron chi connectivity index (χ2n) is 3.43. The van der Waals surface area contributed by atoms with Gasteiger partial charge in [0, 0.05) is 12.6 Å². The van der Waals surface area contributed by atoms with Gasteiger partial charge in [-0.1, -0.05) is 18.2 Å². The lowest BCUT2D eigenvalue weighted by Crippen LogP contribution is -2.23. The van der Waals surface area contributed by atoms with Crippen LogP contribution in [0.4, 0.5) is 0 Å². The molecular weight excluding hydrogens is 202 g/mol. The third kappa shape index (κ3) is 1.88. The molecule has 82 valence electrons. The first-order valence-corrected chi connectivity index (χ1v) is 4.86. The molecule has 0 bridgehead atoms. The lowest BCUT2D eigenvalue weighted by atomic mass is 10.2. The van der Waals surface area contributed by atoms with Crippen LogP contribution in [0.15, 0.2) is 46.6 Å². The first kappa shape index (κ1) is 10.2. The van der Waals surface area contributed by atoms with Crippen molar-refractivity contribution in [3.8, 4) is 0 Å². The Labute approximate surface area is 92.7 Å². The smallest absolute Gasteiger partial charge is 0.211 e. The van der Waals surface area contributed by atoms with Crippen molar-refractivity contribution in [2.45, 2.75) is 0 Å². The molecule has 16 heavy (non-hydrogen) atoms. The molecule has 0 saturated heterocycles. The second-order valence-corrected chi connectivity index (χ2v) is 3.43. The summed E-state index contributed by atoms with van der Waals surface area (Å²) in [6, 6.07) is 11.9. The number of hydrogen-bond acceptors (Lipinski definition) is 2. The molecule has 0 radical (unpaired) electrons. The highest BCUT2D eigenvalue weighted by atomic mass is 15.3. The van der Waals surface area contributed by atoms with Crippen molar-refractivity contribution in [1.29, 1.82) is 0 Å². The maximum atomic E-state index is 5.23. The van der Waals surface area contributed by atoms with Crippen LogP contribution < -0.4 is 17.0 Å². The molecule has 1 aromatic heterocycles. The number of aryl methyl sites for hydroxylation is 1. The van der Waals surface area contributed by atoms with Crippen LogP contribution in [0.3, 0.4) is 0 Å². The monoisotopic (exact) mass is 215 g/mol. The number of para-hydroxylation sites is 1. The van der Waals surface area contributed by atoms with Crippen LogP contribution in [-0.4, -0.2) is 10.5 Å². The summed E-state index contributed by atoms with van der Waals surface area (Å²) in [6.07, 6.45) is 0. The van der Waals surface area contributed by atoms with E-state index < -0.39 is 0 Å². The summed E-state index contributed by atoms with van der Waals surface area (Å²) < 4.78 is 1.93. The average molecular weight is 215 g/mol. The van der Waals surface area contributed by atoms with Gasteiger partial charge in [0.05, 0.1) is 0 Å². The molecule has 0 fully saturated rings. The van der Waals surface area contributed by atoms with Crippen molar-refractivity contribution >= 4 is 16.9 Å². The Morgan fingerprint density at radius 1 is 1.12 bits per heavy atom. The molecule has 5 nitrogen and oxygen atoms in total. The Kier molecular flexibility index (Phi) is 2.59. The number of hydrogen-bond donors (Lipinski definition) is 2. The number of nitrogens with two attached hydrogens (primary N) is 2. The molecule has 0 aliphatic heterocycles. The maximum absolute atomic E-state index is 5.23. The summed E-state index contributed by atoms with van der Waals surface area (Å²) >= 11 is 0. The van der Waals surface area contributed by atoms with Crippen LogP contribution in [-0.2, 0) is 7.05 Å². The minimum atomic E-state index is -0.0480. The van der Waals surface area contributed by atoms with Crippen molar-refractivity contribution < 1.29 is 0 Å². The number of guanidine groups is 1. The minimum absolute atomic E-state index is 0.0480. The Hall–Kier alpha value is -2.30. The van der Waals surface area contributed by atoms with Crippen LogP contribution in [0.5, 0.6) is 0 Å². The third-order valence-electron chi connectivity index (χ3n) is 2.32. The van der Waals surface area contributed by atoms with Gasteiger partial charge in [0.2, 0.25) is 5.96 Å². The molecule has 1 heterocycles. The van der Waals surface area contributed by atoms with Crippen LogP contribution >= 0.6 is 0 Å². The molecular formula is C11H13N5. The summed E-state index contributed by atoms with van der Waals surface area (Å²) in [7, 11) is 1.92. The number of benzene rings is 1. The number of rotatable bonds is 1. The summed E-state index contributed by atoms with van der Waals surface area (Å²) in [5.74, 6) is -0.0480. The van der Waals surface area contributed by atoms with E-state index in [4.69, 9.17) is 11.5 Å². The van der Waals surface area contributed by atoms with E-state index in [9.17, 15) is 0 Å². The molecule has 0 aliphatic rings. The molecule has 4 N–H and O–H groups in total. The second kappa shape index (κ2) is 4.06. The van der Waals surface area contributed by atoms with Gasteiger partial charge >= 0.3 is 0 Å². The van der Waals surface area contributed by atoms with Gasteiger partial charge in [0.1, 0.15) is 0 Å². The lowest BCUT2D eigenvalue weighted by molar-refractivity contribution is 0.852. The first-order valence-electron chi connectivity index (χ1n) is 4.86. The van der Waals surface area contributed by atoms with E-state index in [-0.39, 0.29) is 5.96 Å². The molecule has 2 aromatic rings. The van der Waals surface area contributed by atoms with E-state index in [0.717, 1.165) is 10.9 Å². The fourth-order valence-corrected chi connectivity index (χ4v) is 1.54. The van der Waals surface area contributed by atoms with Gasteiger partial charge in [0.15, 0.2) is 5.49 Å². The number of aromatic nitrogens is 1. The fraction of sp³-hybridized carbons (Fsp3) is 0.0909. The van der Waals surface area contributed by atoms with Gasteiger partial charge in [-0.2, -0.15) is 0 Å². The molecule has 0 unspecified atom stereocenters. The number of fused-ring (bicyclic) bond motifs is 1. The lowest BCUT2D eigenvalue weighted by Gasteiger charge is -2.04. The van der Waals surface area contributed by atoms with E-state index in [2.05, 4.69) is 10.2 Å². The largest absolute Gasteiger partial charge is 0.369 e. The molecule has 0 atom stereocenters. The van der Waals surface area contributed by atoms with Crippen LogP contribution in [0.25, 0.3) is 10.9 Å². The van der Waals surface area contributed by atoms with E-state index in [0.29, 0.717) is 5.49 Å². The SMILES string of the molecule is Cn1c(=NN=C(N)N)ccc2ccccc21. The number of nitrogens with zero attached hydrogens (tertiary/aromatic N) is 3. The van der Waals surface area contributed by atoms with Gasteiger partial charge < -0.3 is 16.0 Å². The Morgan fingerprint density at radius 2 is 1.88 bits per heavy atom. The summed E-state index contributed by atoms with van der Waals surface area (Å²) in [5, 5.41) is 8.74. The summed E-state index contributed by atoms with van der Waals surface area (Å²) in [5.41, 5.74) is 12.2. The molecule has 5 heteroatoms. The van der Waals surface area contributed by atoms with Gasteiger partial charge in [-0.05, 0) is 23.6 Å². The maximum Gasteiger partial charge on any atom is 0.211 e. The zero-order chi connectivity index (χ0) is 11.5. The summed E-state index contributed by atoms with van der Waals surface area (Å²) in [6.45, 7) is 0.